The molecule has 2 rings (SSSR count). The van der Waals surface area contributed by atoms with Crippen molar-refractivity contribution in [2.75, 3.05) is 17.3 Å². The average Bonchev–Trinajstić information content (AvgIpc) is 2.60. The van der Waals surface area contributed by atoms with Gasteiger partial charge in [-0.05, 0) is 41.5 Å². The first-order valence-corrected chi connectivity index (χ1v) is 10.9. The molecule has 0 aliphatic carbocycles. The first-order chi connectivity index (χ1) is 12.0. The monoisotopic (exact) mass is 400 g/mol. The van der Waals surface area contributed by atoms with Crippen molar-refractivity contribution in [1.29, 1.82) is 0 Å². The van der Waals surface area contributed by atoms with E-state index in [2.05, 4.69) is 0 Å². The van der Waals surface area contributed by atoms with Gasteiger partial charge in [0.2, 0.25) is 0 Å². The van der Waals surface area contributed by atoms with Crippen LogP contribution in [0.25, 0.3) is 0 Å². The van der Waals surface area contributed by atoms with Crippen LogP contribution in [-0.4, -0.2) is 37.7 Å². The lowest BCUT2D eigenvalue weighted by Gasteiger charge is -2.08. The maximum absolute atomic E-state index is 9.65. The highest BCUT2D eigenvalue weighted by atomic mass is 32.2. The highest BCUT2D eigenvalue weighted by molar-refractivity contribution is 8.00. The Bertz CT molecular complexity index is 647. The van der Waals surface area contributed by atoms with Gasteiger partial charge in [-0.2, -0.15) is 0 Å². The van der Waals surface area contributed by atoms with Crippen LogP contribution in [0.3, 0.4) is 0 Å². The van der Waals surface area contributed by atoms with E-state index in [1.165, 1.54) is 41.4 Å². The molecule has 0 heterocycles. The minimum absolute atomic E-state index is 0.00954. The number of hydrogen-bond donors (Lipinski definition) is 4. The van der Waals surface area contributed by atoms with Gasteiger partial charge in [0.05, 0.1) is 14.7 Å². The first-order valence-electron chi connectivity index (χ1n) is 7.90. The van der Waals surface area contributed by atoms with E-state index in [9.17, 15) is 15.3 Å². The van der Waals surface area contributed by atoms with Gasteiger partial charge in [0.1, 0.15) is 0 Å². The summed E-state index contributed by atoms with van der Waals surface area (Å²) in [6.45, 7) is 6.01. The molecule has 7 heteroatoms. The minimum atomic E-state index is -0.0524. The number of hydrogen-bond acceptors (Lipinski definition) is 7. The zero-order chi connectivity index (χ0) is 18.8. The summed E-state index contributed by atoms with van der Waals surface area (Å²) in [6.07, 6.45) is 0. The molecule has 0 radical (unpaired) electrons. The molecule has 138 valence electrons. The van der Waals surface area contributed by atoms with Gasteiger partial charge in [-0.3, -0.25) is 0 Å². The van der Waals surface area contributed by atoms with Gasteiger partial charge in [-0.1, -0.05) is 26.8 Å². The number of phenolic OH excluding ortho intramolecular Hbond substituents is 4. The fourth-order valence-corrected chi connectivity index (χ4v) is 4.01. The van der Waals surface area contributed by atoms with E-state index in [4.69, 9.17) is 5.11 Å². The second kappa shape index (κ2) is 11.3. The zero-order valence-electron chi connectivity index (χ0n) is 14.5. The van der Waals surface area contributed by atoms with Crippen LogP contribution in [0.1, 0.15) is 20.8 Å². The van der Waals surface area contributed by atoms with Gasteiger partial charge < -0.3 is 20.4 Å². The third-order valence-electron chi connectivity index (χ3n) is 2.95. The fraction of sp³-hybridized carbons (Fsp3) is 0.333. The van der Waals surface area contributed by atoms with Crippen LogP contribution in [0.15, 0.2) is 45.0 Å². The van der Waals surface area contributed by atoms with E-state index < -0.39 is 0 Å². The Kier molecular flexibility index (Phi) is 9.85. The first kappa shape index (κ1) is 21.7. The Labute approximate surface area is 161 Å². The molecule has 0 saturated heterocycles. The predicted molar refractivity (Wildman–Crippen MR) is 109 cm³/mol. The molecule has 2 aromatic rings. The summed E-state index contributed by atoms with van der Waals surface area (Å²) in [5.41, 5.74) is 0. The van der Waals surface area contributed by atoms with E-state index in [0.29, 0.717) is 0 Å². The van der Waals surface area contributed by atoms with Gasteiger partial charge in [-0.25, -0.2) is 0 Å². The van der Waals surface area contributed by atoms with Gasteiger partial charge in [0.15, 0.2) is 23.0 Å². The number of para-hydroxylation sites is 1. The Hall–Kier alpha value is -1.31. The third kappa shape index (κ3) is 6.49. The van der Waals surface area contributed by atoms with Crippen molar-refractivity contribution in [3.63, 3.8) is 0 Å². The van der Waals surface area contributed by atoms with Crippen molar-refractivity contribution < 1.29 is 20.4 Å². The van der Waals surface area contributed by atoms with Gasteiger partial charge in [0.25, 0.3) is 0 Å². The number of benzene rings is 2. The number of rotatable bonds is 6. The molecule has 0 amide bonds. The second-order valence-corrected chi connectivity index (χ2v) is 8.60. The lowest BCUT2D eigenvalue weighted by molar-refractivity contribution is 0.386. The van der Waals surface area contributed by atoms with E-state index in [0.717, 1.165) is 31.9 Å². The Morgan fingerprint density at radius 1 is 0.600 bits per heavy atom. The van der Waals surface area contributed by atoms with Gasteiger partial charge >= 0.3 is 0 Å². The van der Waals surface area contributed by atoms with Gasteiger partial charge in [-0.15, -0.1) is 35.3 Å². The summed E-state index contributed by atoms with van der Waals surface area (Å²) < 4.78 is 0. The summed E-state index contributed by atoms with van der Waals surface area (Å²) in [5, 5.41) is 37.6. The SMILES string of the molecule is CCSc1ccc(SCC)c(O)c1O.CCSc1cccc(O)c1O. The van der Waals surface area contributed by atoms with Crippen LogP contribution in [0.4, 0.5) is 0 Å². The van der Waals surface area contributed by atoms with Crippen molar-refractivity contribution in [2.45, 2.75) is 35.5 Å². The Morgan fingerprint density at radius 2 is 1.00 bits per heavy atom. The van der Waals surface area contributed by atoms with Crippen molar-refractivity contribution >= 4 is 35.3 Å². The maximum atomic E-state index is 9.65. The smallest absolute Gasteiger partial charge is 0.172 e. The molecule has 0 bridgehead atoms. The highest BCUT2D eigenvalue weighted by Crippen LogP contribution is 2.42. The molecule has 0 spiro atoms. The average molecular weight is 401 g/mol. The molecule has 0 fully saturated rings. The van der Waals surface area contributed by atoms with E-state index >= 15 is 0 Å². The predicted octanol–water partition coefficient (Wildman–Crippen LogP) is 5.53. The second-order valence-electron chi connectivity index (χ2n) is 4.68. The van der Waals surface area contributed by atoms with Crippen molar-refractivity contribution in [1.82, 2.24) is 0 Å². The Morgan fingerprint density at radius 3 is 1.40 bits per heavy atom. The Balaban J connectivity index is 0.000000257. The molecule has 0 atom stereocenters. The molecule has 0 saturated carbocycles. The zero-order valence-corrected chi connectivity index (χ0v) is 17.0. The molecule has 0 aliphatic heterocycles. The van der Waals surface area contributed by atoms with E-state index in [1.54, 1.807) is 12.1 Å². The van der Waals surface area contributed by atoms with Crippen molar-refractivity contribution in [3.8, 4) is 23.0 Å². The fourth-order valence-electron chi connectivity index (χ4n) is 1.87. The normalized spacial score (nSPS) is 10.2. The van der Waals surface area contributed by atoms with E-state index in [1.807, 2.05) is 32.9 Å². The van der Waals surface area contributed by atoms with Crippen LogP contribution in [0.5, 0.6) is 23.0 Å². The number of thioether (sulfide) groups is 3. The summed E-state index contributed by atoms with van der Waals surface area (Å²) in [4.78, 5) is 2.21. The van der Waals surface area contributed by atoms with Crippen LogP contribution < -0.4 is 0 Å². The minimum Gasteiger partial charge on any atom is -0.504 e. The lowest BCUT2D eigenvalue weighted by Crippen LogP contribution is -1.80. The van der Waals surface area contributed by atoms with E-state index in [-0.39, 0.29) is 23.0 Å². The highest BCUT2D eigenvalue weighted by Gasteiger charge is 2.11. The largest absolute Gasteiger partial charge is 0.504 e. The molecular weight excluding hydrogens is 376 g/mol. The molecule has 0 aromatic heterocycles. The summed E-state index contributed by atoms with van der Waals surface area (Å²) >= 11 is 4.55. The lowest BCUT2D eigenvalue weighted by atomic mass is 10.3. The summed E-state index contributed by atoms with van der Waals surface area (Å²) in [5.74, 6) is 2.60. The summed E-state index contributed by atoms with van der Waals surface area (Å²) in [7, 11) is 0. The molecule has 4 nitrogen and oxygen atoms in total. The number of aromatic hydroxyl groups is 4. The molecular formula is C18H24O4S3. The molecule has 0 unspecified atom stereocenters. The quantitative estimate of drug-likeness (QED) is 0.375. The standard InChI is InChI=1S/C10H14O2S2.C8H10O2S/c1-3-13-7-5-6-8(14-4-2)10(12)9(7)11;1-2-11-7-5-3-4-6(9)8(7)10/h5-6,11-12H,3-4H2,1-2H3;3-5,9-10H,2H2,1H3. The van der Waals surface area contributed by atoms with Crippen LogP contribution in [0.2, 0.25) is 0 Å². The number of phenols is 4. The van der Waals surface area contributed by atoms with Crippen LogP contribution in [-0.2, 0) is 0 Å². The molecule has 25 heavy (non-hydrogen) atoms. The summed E-state index contributed by atoms with van der Waals surface area (Å²) in [6, 6.07) is 8.66. The molecule has 0 aliphatic rings. The van der Waals surface area contributed by atoms with Crippen molar-refractivity contribution in [3.05, 3.63) is 30.3 Å². The van der Waals surface area contributed by atoms with Crippen molar-refractivity contribution in [2.24, 2.45) is 0 Å². The van der Waals surface area contributed by atoms with Crippen LogP contribution >= 0.6 is 35.3 Å². The topological polar surface area (TPSA) is 80.9 Å². The maximum Gasteiger partial charge on any atom is 0.172 e. The molecule has 2 aromatic carbocycles. The third-order valence-corrected chi connectivity index (χ3v) is 5.74. The van der Waals surface area contributed by atoms with Gasteiger partial charge in [0, 0.05) is 0 Å². The molecule has 4 N–H and O–H groups in total. The van der Waals surface area contributed by atoms with Crippen LogP contribution in [0, 0.1) is 0 Å².